The summed E-state index contributed by atoms with van der Waals surface area (Å²) in [4.78, 5) is 19.7. The Balaban J connectivity index is 2.17. The van der Waals surface area contributed by atoms with Gasteiger partial charge in [-0.3, -0.25) is 4.79 Å². The summed E-state index contributed by atoms with van der Waals surface area (Å²) in [5.74, 6) is -0.161. The van der Waals surface area contributed by atoms with Crippen molar-refractivity contribution in [3.8, 4) is 11.4 Å². The molecule has 1 N–H and O–H groups in total. The van der Waals surface area contributed by atoms with E-state index in [0.29, 0.717) is 28.6 Å². The molecule has 3 aromatic rings. The van der Waals surface area contributed by atoms with E-state index in [2.05, 4.69) is 9.97 Å². The number of aryl methyl sites for hydroxylation is 1. The summed E-state index contributed by atoms with van der Waals surface area (Å²) in [6.07, 6.45) is 1.55. The first-order valence-electron chi connectivity index (χ1n) is 6.44. The van der Waals surface area contributed by atoms with Crippen molar-refractivity contribution in [2.24, 2.45) is 0 Å². The SMILES string of the molecule is O=C(O)CCn1c(-c2ccccc2)nc2cc(Cl)cnc21. The summed E-state index contributed by atoms with van der Waals surface area (Å²) in [5, 5.41) is 9.42. The van der Waals surface area contributed by atoms with Crippen LogP contribution < -0.4 is 0 Å². The van der Waals surface area contributed by atoms with Gasteiger partial charge in [-0.25, -0.2) is 9.97 Å². The van der Waals surface area contributed by atoms with Crippen molar-refractivity contribution in [3.05, 3.63) is 47.6 Å². The van der Waals surface area contributed by atoms with Gasteiger partial charge < -0.3 is 9.67 Å². The molecule has 5 nitrogen and oxygen atoms in total. The molecule has 3 rings (SSSR count). The number of rotatable bonds is 4. The topological polar surface area (TPSA) is 68.0 Å². The molecule has 6 heteroatoms. The van der Waals surface area contributed by atoms with E-state index in [-0.39, 0.29) is 6.42 Å². The van der Waals surface area contributed by atoms with Crippen LogP contribution in [-0.4, -0.2) is 25.6 Å². The van der Waals surface area contributed by atoms with Crippen molar-refractivity contribution in [3.63, 3.8) is 0 Å². The van der Waals surface area contributed by atoms with E-state index in [1.807, 2.05) is 34.9 Å². The summed E-state index contributed by atoms with van der Waals surface area (Å²) in [5.41, 5.74) is 2.21. The van der Waals surface area contributed by atoms with Crippen LogP contribution in [0.1, 0.15) is 6.42 Å². The molecule has 0 aliphatic carbocycles. The van der Waals surface area contributed by atoms with Crippen molar-refractivity contribution in [1.29, 1.82) is 0 Å². The molecule has 1 aromatic carbocycles. The molecule has 21 heavy (non-hydrogen) atoms. The van der Waals surface area contributed by atoms with Gasteiger partial charge in [0.1, 0.15) is 11.3 Å². The third-order valence-corrected chi connectivity index (χ3v) is 3.34. The minimum absolute atomic E-state index is 0.00952. The molecular weight excluding hydrogens is 290 g/mol. The first-order chi connectivity index (χ1) is 10.1. The number of carboxylic acids is 1. The predicted molar refractivity (Wildman–Crippen MR) is 80.2 cm³/mol. The number of benzene rings is 1. The molecule has 0 aliphatic heterocycles. The van der Waals surface area contributed by atoms with Gasteiger partial charge in [0.25, 0.3) is 0 Å². The number of carboxylic acid groups (broad SMARTS) is 1. The van der Waals surface area contributed by atoms with Crippen LogP contribution in [0.25, 0.3) is 22.6 Å². The average Bonchev–Trinajstić information content (AvgIpc) is 2.83. The number of fused-ring (bicyclic) bond motifs is 1. The monoisotopic (exact) mass is 301 g/mol. The van der Waals surface area contributed by atoms with Crippen LogP contribution in [0.3, 0.4) is 0 Å². The van der Waals surface area contributed by atoms with Crippen molar-refractivity contribution < 1.29 is 9.90 Å². The van der Waals surface area contributed by atoms with Crippen LogP contribution in [-0.2, 0) is 11.3 Å². The number of hydrogen-bond donors (Lipinski definition) is 1. The standard InChI is InChI=1S/C15H12ClN3O2/c16-11-8-12-15(17-9-11)19(7-6-13(20)21)14(18-12)10-4-2-1-3-5-10/h1-5,8-9H,6-7H2,(H,20,21). The number of halogens is 1. The quantitative estimate of drug-likeness (QED) is 0.803. The second-order valence-electron chi connectivity index (χ2n) is 4.59. The number of hydrogen-bond acceptors (Lipinski definition) is 3. The highest BCUT2D eigenvalue weighted by Gasteiger charge is 2.14. The van der Waals surface area contributed by atoms with E-state index >= 15 is 0 Å². The maximum absolute atomic E-state index is 10.9. The zero-order valence-corrected chi connectivity index (χ0v) is 11.8. The smallest absolute Gasteiger partial charge is 0.305 e. The Morgan fingerprint density at radius 2 is 2.05 bits per heavy atom. The van der Waals surface area contributed by atoms with E-state index in [4.69, 9.17) is 16.7 Å². The lowest BCUT2D eigenvalue weighted by Crippen LogP contribution is -2.06. The van der Waals surface area contributed by atoms with E-state index in [0.717, 1.165) is 5.56 Å². The Morgan fingerprint density at radius 1 is 1.29 bits per heavy atom. The van der Waals surface area contributed by atoms with Gasteiger partial charge in [0.15, 0.2) is 5.65 Å². The Hall–Kier alpha value is -2.40. The fourth-order valence-corrected chi connectivity index (χ4v) is 2.37. The Labute approximate surface area is 125 Å². The maximum atomic E-state index is 10.9. The molecule has 0 saturated heterocycles. The van der Waals surface area contributed by atoms with Gasteiger partial charge in [-0.2, -0.15) is 0 Å². The van der Waals surface area contributed by atoms with Gasteiger partial charge in [0.05, 0.1) is 11.4 Å². The highest BCUT2D eigenvalue weighted by atomic mass is 35.5. The number of pyridine rings is 1. The molecule has 0 saturated carbocycles. The van der Waals surface area contributed by atoms with Crippen LogP contribution >= 0.6 is 11.6 Å². The summed E-state index contributed by atoms with van der Waals surface area (Å²) in [6, 6.07) is 11.3. The molecule has 106 valence electrons. The molecule has 0 bridgehead atoms. The van der Waals surface area contributed by atoms with Crippen LogP contribution in [0.4, 0.5) is 0 Å². The van der Waals surface area contributed by atoms with Crippen LogP contribution in [0.2, 0.25) is 5.02 Å². The van der Waals surface area contributed by atoms with Gasteiger partial charge in [-0.1, -0.05) is 41.9 Å². The summed E-state index contributed by atoms with van der Waals surface area (Å²) in [7, 11) is 0. The zero-order valence-electron chi connectivity index (χ0n) is 11.0. The first kappa shape index (κ1) is 13.6. The van der Waals surface area contributed by atoms with Crippen LogP contribution in [0, 0.1) is 0 Å². The minimum atomic E-state index is -0.857. The molecule has 0 spiro atoms. The number of imidazole rings is 1. The second-order valence-corrected chi connectivity index (χ2v) is 5.03. The lowest BCUT2D eigenvalue weighted by molar-refractivity contribution is -0.137. The van der Waals surface area contributed by atoms with E-state index in [1.54, 1.807) is 6.07 Å². The Morgan fingerprint density at radius 3 is 2.76 bits per heavy atom. The highest BCUT2D eigenvalue weighted by Crippen LogP contribution is 2.25. The second kappa shape index (κ2) is 5.54. The average molecular weight is 302 g/mol. The summed E-state index contributed by atoms with van der Waals surface area (Å²) < 4.78 is 1.81. The minimum Gasteiger partial charge on any atom is -0.481 e. The third-order valence-electron chi connectivity index (χ3n) is 3.13. The van der Waals surface area contributed by atoms with Crippen LogP contribution in [0.15, 0.2) is 42.6 Å². The zero-order chi connectivity index (χ0) is 14.8. The number of carbonyl (C=O) groups is 1. The van der Waals surface area contributed by atoms with Gasteiger partial charge in [0.2, 0.25) is 0 Å². The lowest BCUT2D eigenvalue weighted by Gasteiger charge is -2.07. The molecule has 0 radical (unpaired) electrons. The molecule has 0 unspecified atom stereocenters. The fourth-order valence-electron chi connectivity index (χ4n) is 2.21. The van der Waals surface area contributed by atoms with E-state index < -0.39 is 5.97 Å². The number of aliphatic carboxylic acids is 1. The van der Waals surface area contributed by atoms with Crippen molar-refractivity contribution >= 4 is 28.7 Å². The Bertz CT molecular complexity index is 799. The third kappa shape index (κ3) is 2.73. The molecular formula is C15H12ClN3O2. The largest absolute Gasteiger partial charge is 0.481 e. The fraction of sp³-hybridized carbons (Fsp3) is 0.133. The molecule has 0 fully saturated rings. The van der Waals surface area contributed by atoms with Gasteiger partial charge in [-0.05, 0) is 6.07 Å². The number of nitrogens with zero attached hydrogens (tertiary/aromatic N) is 3. The van der Waals surface area contributed by atoms with E-state index in [9.17, 15) is 4.79 Å². The van der Waals surface area contributed by atoms with Crippen molar-refractivity contribution in [2.75, 3.05) is 0 Å². The Kier molecular flexibility index (Phi) is 3.58. The predicted octanol–water partition coefficient (Wildman–Crippen LogP) is 3.23. The summed E-state index contributed by atoms with van der Waals surface area (Å²) in [6.45, 7) is 0.310. The van der Waals surface area contributed by atoms with Crippen molar-refractivity contribution in [2.45, 2.75) is 13.0 Å². The van der Waals surface area contributed by atoms with Crippen molar-refractivity contribution in [1.82, 2.24) is 14.5 Å². The molecule has 0 amide bonds. The molecule has 2 heterocycles. The molecule has 2 aromatic heterocycles. The first-order valence-corrected chi connectivity index (χ1v) is 6.82. The van der Waals surface area contributed by atoms with Gasteiger partial charge in [-0.15, -0.1) is 0 Å². The van der Waals surface area contributed by atoms with E-state index in [1.165, 1.54) is 6.20 Å². The van der Waals surface area contributed by atoms with Crippen LogP contribution in [0.5, 0.6) is 0 Å². The maximum Gasteiger partial charge on any atom is 0.305 e. The van der Waals surface area contributed by atoms with Gasteiger partial charge in [0, 0.05) is 18.3 Å². The number of aromatic nitrogens is 3. The molecule has 0 aliphatic rings. The van der Waals surface area contributed by atoms with Gasteiger partial charge >= 0.3 is 5.97 Å². The highest BCUT2D eigenvalue weighted by molar-refractivity contribution is 6.31. The molecule has 0 atom stereocenters. The normalized spacial score (nSPS) is 10.9. The summed E-state index contributed by atoms with van der Waals surface area (Å²) >= 11 is 5.95. The lowest BCUT2D eigenvalue weighted by atomic mass is 10.2.